The Kier molecular flexibility index (Phi) is 4.78. The van der Waals surface area contributed by atoms with Gasteiger partial charge in [-0.2, -0.15) is 4.98 Å². The fourth-order valence-electron chi connectivity index (χ4n) is 2.17. The molecule has 0 aliphatic carbocycles. The van der Waals surface area contributed by atoms with Crippen LogP contribution in [-0.4, -0.2) is 24.8 Å². The highest BCUT2D eigenvalue weighted by atomic mass is 32.2. The standard InChI is InChI=1S/C16H18N4O2S/c1-11(23-16-17-9-13(10-21)20(16)2)15-18-14(19-22-15)8-12-6-4-3-5-7-12/h3-7,9,11,21H,8,10H2,1-2H3. The van der Waals surface area contributed by atoms with E-state index in [0.717, 1.165) is 16.4 Å². The maximum absolute atomic E-state index is 9.22. The molecule has 6 nitrogen and oxygen atoms in total. The van der Waals surface area contributed by atoms with Gasteiger partial charge in [-0.1, -0.05) is 47.3 Å². The number of aliphatic hydroxyl groups is 1. The number of hydrogen-bond acceptors (Lipinski definition) is 6. The fraction of sp³-hybridized carbons (Fsp3) is 0.312. The Hall–Kier alpha value is -2.12. The van der Waals surface area contributed by atoms with Crippen molar-refractivity contribution in [3.63, 3.8) is 0 Å². The monoisotopic (exact) mass is 330 g/mol. The van der Waals surface area contributed by atoms with Crippen molar-refractivity contribution in [2.75, 3.05) is 0 Å². The van der Waals surface area contributed by atoms with Gasteiger partial charge in [0.1, 0.15) is 0 Å². The van der Waals surface area contributed by atoms with Crippen LogP contribution in [0.2, 0.25) is 0 Å². The van der Waals surface area contributed by atoms with Gasteiger partial charge in [-0.05, 0) is 12.5 Å². The van der Waals surface area contributed by atoms with Gasteiger partial charge in [-0.15, -0.1) is 0 Å². The molecule has 3 rings (SSSR count). The van der Waals surface area contributed by atoms with Crippen LogP contribution in [-0.2, 0) is 20.1 Å². The van der Waals surface area contributed by atoms with Gasteiger partial charge in [-0.25, -0.2) is 4.98 Å². The molecule has 0 aliphatic heterocycles. The molecular weight excluding hydrogens is 312 g/mol. The molecule has 0 radical (unpaired) electrons. The first-order valence-electron chi connectivity index (χ1n) is 7.32. The second-order valence-electron chi connectivity index (χ2n) is 5.22. The molecule has 0 fully saturated rings. The Balaban J connectivity index is 1.68. The van der Waals surface area contributed by atoms with Crippen LogP contribution in [0.4, 0.5) is 0 Å². The van der Waals surface area contributed by atoms with Crippen molar-refractivity contribution in [2.45, 2.75) is 30.4 Å². The van der Waals surface area contributed by atoms with E-state index >= 15 is 0 Å². The average Bonchev–Trinajstić information content (AvgIpc) is 3.16. The Bertz CT molecular complexity index is 769. The summed E-state index contributed by atoms with van der Waals surface area (Å²) in [5, 5.41) is 14.1. The second kappa shape index (κ2) is 6.97. The number of imidazole rings is 1. The summed E-state index contributed by atoms with van der Waals surface area (Å²) in [4.78, 5) is 8.78. The minimum atomic E-state index is -0.0276. The second-order valence-corrected chi connectivity index (χ2v) is 6.53. The third-order valence-corrected chi connectivity index (χ3v) is 4.67. The summed E-state index contributed by atoms with van der Waals surface area (Å²) < 4.78 is 7.24. The summed E-state index contributed by atoms with van der Waals surface area (Å²) in [6.07, 6.45) is 2.32. The van der Waals surface area contributed by atoms with Gasteiger partial charge in [0.05, 0.1) is 23.7 Å². The van der Waals surface area contributed by atoms with Crippen LogP contribution < -0.4 is 0 Å². The molecule has 7 heteroatoms. The lowest BCUT2D eigenvalue weighted by molar-refractivity contribution is 0.271. The number of nitrogens with zero attached hydrogens (tertiary/aromatic N) is 4. The molecule has 1 atom stereocenters. The minimum Gasteiger partial charge on any atom is -0.390 e. The van der Waals surface area contributed by atoms with Crippen molar-refractivity contribution in [2.24, 2.45) is 7.05 Å². The lowest BCUT2D eigenvalue weighted by Gasteiger charge is -2.07. The highest BCUT2D eigenvalue weighted by Gasteiger charge is 2.18. The average molecular weight is 330 g/mol. The molecule has 120 valence electrons. The first-order chi connectivity index (χ1) is 11.2. The van der Waals surface area contributed by atoms with Gasteiger partial charge >= 0.3 is 0 Å². The van der Waals surface area contributed by atoms with Gasteiger partial charge in [-0.3, -0.25) is 0 Å². The van der Waals surface area contributed by atoms with E-state index in [4.69, 9.17) is 4.52 Å². The number of rotatable bonds is 6. The summed E-state index contributed by atoms with van der Waals surface area (Å²) in [5.74, 6) is 1.25. The van der Waals surface area contributed by atoms with Crippen molar-refractivity contribution < 1.29 is 9.63 Å². The smallest absolute Gasteiger partial charge is 0.239 e. The molecule has 0 aliphatic rings. The van der Waals surface area contributed by atoms with Crippen LogP contribution in [0, 0.1) is 0 Å². The molecular formula is C16H18N4O2S. The van der Waals surface area contributed by atoms with E-state index < -0.39 is 0 Å². The third kappa shape index (κ3) is 3.62. The zero-order valence-electron chi connectivity index (χ0n) is 13.0. The Labute approximate surface area is 138 Å². The highest BCUT2D eigenvalue weighted by molar-refractivity contribution is 7.99. The van der Waals surface area contributed by atoms with Crippen molar-refractivity contribution in [3.05, 3.63) is 59.5 Å². The van der Waals surface area contributed by atoms with Crippen molar-refractivity contribution in [3.8, 4) is 0 Å². The van der Waals surface area contributed by atoms with E-state index in [1.807, 2.05) is 48.9 Å². The minimum absolute atomic E-state index is 0.0142. The molecule has 0 saturated heterocycles. The first kappa shape index (κ1) is 15.8. The van der Waals surface area contributed by atoms with Crippen LogP contribution in [0.5, 0.6) is 0 Å². The quantitative estimate of drug-likeness (QED) is 0.700. The molecule has 1 aromatic carbocycles. The SMILES string of the molecule is CC(Sc1ncc(CO)n1C)c1nc(Cc2ccccc2)no1. The lowest BCUT2D eigenvalue weighted by Crippen LogP contribution is -1.99. The van der Waals surface area contributed by atoms with Crippen LogP contribution >= 0.6 is 11.8 Å². The summed E-state index contributed by atoms with van der Waals surface area (Å²) >= 11 is 1.52. The van der Waals surface area contributed by atoms with E-state index in [-0.39, 0.29) is 11.9 Å². The maximum atomic E-state index is 9.22. The lowest BCUT2D eigenvalue weighted by atomic mass is 10.1. The predicted octanol–water partition coefficient (Wildman–Crippen LogP) is 2.74. The summed E-state index contributed by atoms with van der Waals surface area (Å²) in [7, 11) is 1.88. The van der Waals surface area contributed by atoms with E-state index in [2.05, 4.69) is 15.1 Å². The molecule has 3 aromatic rings. The van der Waals surface area contributed by atoms with Crippen LogP contribution in [0.15, 0.2) is 46.2 Å². The van der Waals surface area contributed by atoms with Crippen LogP contribution in [0.3, 0.4) is 0 Å². The maximum Gasteiger partial charge on any atom is 0.239 e. The normalized spacial score (nSPS) is 12.5. The Morgan fingerprint density at radius 1 is 1.30 bits per heavy atom. The van der Waals surface area contributed by atoms with E-state index in [1.165, 1.54) is 11.8 Å². The molecule has 0 amide bonds. The number of aromatic nitrogens is 4. The molecule has 1 N–H and O–H groups in total. The van der Waals surface area contributed by atoms with Gasteiger partial charge in [0, 0.05) is 13.5 Å². The van der Waals surface area contributed by atoms with Crippen molar-refractivity contribution in [1.29, 1.82) is 0 Å². The van der Waals surface area contributed by atoms with Crippen molar-refractivity contribution >= 4 is 11.8 Å². The molecule has 1 unspecified atom stereocenters. The van der Waals surface area contributed by atoms with E-state index in [9.17, 15) is 5.11 Å². The molecule has 0 spiro atoms. The van der Waals surface area contributed by atoms with E-state index in [0.29, 0.717) is 18.1 Å². The predicted molar refractivity (Wildman–Crippen MR) is 86.9 cm³/mol. The molecule has 2 heterocycles. The number of hydrogen-bond donors (Lipinski definition) is 1. The summed E-state index contributed by atoms with van der Waals surface area (Å²) in [5.41, 5.74) is 1.92. The number of thioether (sulfide) groups is 1. The van der Waals surface area contributed by atoms with Gasteiger partial charge in [0.15, 0.2) is 11.0 Å². The van der Waals surface area contributed by atoms with Gasteiger partial charge in [0.25, 0.3) is 0 Å². The van der Waals surface area contributed by atoms with Crippen LogP contribution in [0.25, 0.3) is 0 Å². The molecule has 0 saturated carbocycles. The molecule has 2 aromatic heterocycles. The first-order valence-corrected chi connectivity index (χ1v) is 8.20. The van der Waals surface area contributed by atoms with Gasteiger partial charge < -0.3 is 14.2 Å². The third-order valence-electron chi connectivity index (χ3n) is 3.52. The van der Waals surface area contributed by atoms with Crippen molar-refractivity contribution in [1.82, 2.24) is 19.7 Å². The zero-order chi connectivity index (χ0) is 16.2. The number of benzene rings is 1. The topological polar surface area (TPSA) is 77.0 Å². The molecule has 23 heavy (non-hydrogen) atoms. The zero-order valence-corrected chi connectivity index (χ0v) is 13.8. The summed E-state index contributed by atoms with van der Waals surface area (Å²) in [6, 6.07) is 10.1. The summed E-state index contributed by atoms with van der Waals surface area (Å²) in [6.45, 7) is 1.97. The fourth-order valence-corrected chi connectivity index (χ4v) is 3.08. The largest absolute Gasteiger partial charge is 0.390 e. The number of aliphatic hydroxyl groups excluding tert-OH is 1. The van der Waals surface area contributed by atoms with Gasteiger partial charge in [0.2, 0.25) is 5.89 Å². The Morgan fingerprint density at radius 2 is 2.09 bits per heavy atom. The Morgan fingerprint density at radius 3 is 2.78 bits per heavy atom. The molecule has 0 bridgehead atoms. The van der Waals surface area contributed by atoms with Crippen LogP contribution in [0.1, 0.15) is 35.1 Å². The van der Waals surface area contributed by atoms with E-state index in [1.54, 1.807) is 6.20 Å². The highest BCUT2D eigenvalue weighted by Crippen LogP contribution is 2.33.